The van der Waals surface area contributed by atoms with E-state index in [1.807, 2.05) is 27.7 Å². The Kier molecular flexibility index (Phi) is 11.5. The number of benzene rings is 1. The molecule has 0 radical (unpaired) electrons. The molecule has 5 amide bonds. The van der Waals surface area contributed by atoms with Gasteiger partial charge in [-0.15, -0.1) is 0 Å². The zero-order valence-corrected chi connectivity index (χ0v) is 29.9. The summed E-state index contributed by atoms with van der Waals surface area (Å²) in [5, 5.41) is 20.1. The van der Waals surface area contributed by atoms with Crippen molar-refractivity contribution < 1.29 is 33.8 Å². The van der Waals surface area contributed by atoms with E-state index in [1.54, 1.807) is 24.3 Å². The fraction of sp³-hybridized carbons (Fsp3) is 0.694. The highest BCUT2D eigenvalue weighted by Gasteiger charge is 2.58. The van der Waals surface area contributed by atoms with Gasteiger partial charge in [-0.25, -0.2) is 4.79 Å². The Balaban J connectivity index is 1.40. The highest BCUT2D eigenvalue weighted by Crippen LogP contribution is 2.40. The Hall–Kier alpha value is -3.38. The number of ether oxygens (including phenoxy) is 1. The molecule has 270 valence electrons. The summed E-state index contributed by atoms with van der Waals surface area (Å²) >= 11 is 6.22. The van der Waals surface area contributed by atoms with Gasteiger partial charge >= 0.3 is 6.09 Å². The van der Waals surface area contributed by atoms with E-state index < -0.39 is 59.1 Å². The smallest absolute Gasteiger partial charge is 0.415 e. The molecule has 2 unspecified atom stereocenters. The molecule has 2 aliphatic heterocycles. The van der Waals surface area contributed by atoms with Crippen LogP contribution in [0.3, 0.4) is 0 Å². The monoisotopic (exact) mass is 701 g/mol. The first kappa shape index (κ1) is 36.9. The lowest BCUT2D eigenvalue weighted by Gasteiger charge is -2.36. The summed E-state index contributed by atoms with van der Waals surface area (Å²) in [4.78, 5) is 71.0. The number of anilines is 1. The number of hydrogen-bond donors (Lipinski definition) is 4. The van der Waals surface area contributed by atoms with Crippen LogP contribution in [-0.2, 0) is 23.9 Å². The molecule has 5 atom stereocenters. The third kappa shape index (κ3) is 9.05. The van der Waals surface area contributed by atoms with Gasteiger partial charge in [0.25, 0.3) is 5.91 Å². The molecule has 13 heteroatoms. The van der Waals surface area contributed by atoms with Crippen LogP contribution in [0.2, 0.25) is 5.02 Å². The van der Waals surface area contributed by atoms with Crippen LogP contribution >= 0.6 is 11.6 Å². The van der Waals surface area contributed by atoms with Crippen LogP contribution in [0.4, 0.5) is 10.5 Å². The molecule has 2 aliphatic carbocycles. The molecule has 5 rings (SSSR count). The lowest BCUT2D eigenvalue weighted by molar-refractivity contribution is -0.145. The lowest BCUT2D eigenvalue weighted by Crippen LogP contribution is -2.59. The molecule has 2 heterocycles. The highest BCUT2D eigenvalue weighted by atomic mass is 35.5. The second-order valence-corrected chi connectivity index (χ2v) is 15.9. The quantitative estimate of drug-likeness (QED) is 0.256. The second kappa shape index (κ2) is 15.2. The van der Waals surface area contributed by atoms with Gasteiger partial charge in [-0.05, 0) is 61.6 Å². The largest absolute Gasteiger partial charge is 0.439 e. The van der Waals surface area contributed by atoms with Crippen LogP contribution in [0, 0.1) is 11.3 Å². The number of likely N-dealkylation sites (tertiary alicyclic amines) is 1. The molecule has 0 bridgehead atoms. The number of halogens is 1. The van der Waals surface area contributed by atoms with Crippen molar-refractivity contribution in [3.63, 3.8) is 0 Å². The van der Waals surface area contributed by atoms with Crippen LogP contribution in [0.5, 0.6) is 0 Å². The summed E-state index contributed by atoms with van der Waals surface area (Å²) in [7, 11) is 0. The molecular formula is C36H52ClN5O7. The molecule has 49 heavy (non-hydrogen) atoms. The number of carbonyl (C=O) groups excluding carboxylic acids is 5. The molecule has 4 aliphatic rings. The molecule has 1 aromatic carbocycles. The van der Waals surface area contributed by atoms with Crippen LogP contribution in [0.15, 0.2) is 24.3 Å². The Morgan fingerprint density at radius 1 is 1.06 bits per heavy atom. The third-order valence-corrected chi connectivity index (χ3v) is 10.4. The fourth-order valence-corrected chi connectivity index (χ4v) is 7.54. The number of rotatable bonds is 12. The topological polar surface area (TPSA) is 157 Å². The van der Waals surface area contributed by atoms with Crippen LogP contribution in [0.1, 0.15) is 98.3 Å². The van der Waals surface area contributed by atoms with Gasteiger partial charge in [-0.3, -0.25) is 24.1 Å². The van der Waals surface area contributed by atoms with E-state index in [1.165, 1.54) is 16.2 Å². The molecule has 0 aromatic heterocycles. The Morgan fingerprint density at radius 3 is 2.41 bits per heavy atom. The minimum Gasteiger partial charge on any atom is -0.439 e. The van der Waals surface area contributed by atoms with Gasteiger partial charge in [0, 0.05) is 29.6 Å². The van der Waals surface area contributed by atoms with Crippen molar-refractivity contribution in [2.45, 2.75) is 134 Å². The molecule has 2 saturated carbocycles. The zero-order valence-electron chi connectivity index (χ0n) is 29.1. The van der Waals surface area contributed by atoms with E-state index >= 15 is 0 Å². The second-order valence-electron chi connectivity index (χ2n) is 15.5. The van der Waals surface area contributed by atoms with Crippen molar-refractivity contribution in [3.8, 4) is 0 Å². The van der Waals surface area contributed by atoms with Gasteiger partial charge in [-0.2, -0.15) is 0 Å². The Bertz CT molecular complexity index is 1410. The van der Waals surface area contributed by atoms with Crippen LogP contribution < -0.4 is 20.9 Å². The van der Waals surface area contributed by atoms with Gasteiger partial charge in [-0.1, -0.05) is 71.0 Å². The summed E-state index contributed by atoms with van der Waals surface area (Å²) in [6.07, 6.45) is 6.14. The summed E-state index contributed by atoms with van der Waals surface area (Å²) in [5.74, 6) is -1.51. The van der Waals surface area contributed by atoms with E-state index in [0.717, 1.165) is 38.5 Å². The van der Waals surface area contributed by atoms with Crippen LogP contribution in [-0.4, -0.2) is 88.7 Å². The highest BCUT2D eigenvalue weighted by molar-refractivity contribution is 6.30. The number of nitrogens with one attached hydrogen (secondary N) is 3. The maximum atomic E-state index is 14.6. The number of nitrogens with zero attached hydrogens (tertiary/aromatic N) is 2. The van der Waals surface area contributed by atoms with Crippen molar-refractivity contribution in [2.24, 2.45) is 11.3 Å². The minimum absolute atomic E-state index is 0.0104. The molecular weight excluding hydrogens is 650 g/mol. The molecule has 4 fully saturated rings. The Labute approximate surface area is 294 Å². The number of hydrogen-bond acceptors (Lipinski definition) is 7. The molecule has 4 N–H and O–H groups in total. The SMILES string of the molecule is CCC[C@H](NC(=O)[C@@H]1C[C@]2(CN(c3cccc(Cl)c3)C(=O)O2)CN1C(=O)C(NC(=O)CC1CCCCC1)C(C)(C)C)C(O)C(=O)NC1CC1. The maximum absolute atomic E-state index is 14.6. The van der Waals surface area contributed by atoms with Gasteiger partial charge in [0.1, 0.15) is 12.1 Å². The standard InChI is InChI=1S/C36H52ClN5O7/c1-5-10-26(29(44)32(46)38-24-15-16-24)39-31(45)27-19-36(20-41(34(48)49-36)25-14-9-13-23(37)18-25)21-42(27)33(47)30(35(2,3)4)40-28(43)17-22-11-7-6-8-12-22/h9,13-14,18,22,24,26-27,29-30,44H,5-8,10-12,15-17,19-21H2,1-4H3,(H,38,46)(H,39,45)(H,40,43)/t26-,27-,29?,30?,36-/m0/s1. The normalized spacial score (nSPS) is 24.7. The average molecular weight is 702 g/mol. The Morgan fingerprint density at radius 2 is 1.78 bits per heavy atom. The first-order valence-electron chi connectivity index (χ1n) is 17.8. The number of amides is 5. The predicted octanol–water partition coefficient (Wildman–Crippen LogP) is 4.06. The first-order valence-corrected chi connectivity index (χ1v) is 18.2. The molecule has 1 aromatic rings. The van der Waals surface area contributed by atoms with Crippen molar-refractivity contribution in [3.05, 3.63) is 29.3 Å². The number of carbonyl (C=O) groups is 5. The van der Waals surface area contributed by atoms with E-state index in [9.17, 15) is 29.1 Å². The van der Waals surface area contributed by atoms with E-state index in [0.29, 0.717) is 30.0 Å². The average Bonchev–Trinajstić information content (AvgIpc) is 3.70. The zero-order chi connectivity index (χ0) is 35.5. The van der Waals surface area contributed by atoms with Crippen molar-refractivity contribution >= 4 is 47.0 Å². The third-order valence-electron chi connectivity index (χ3n) is 10.2. The van der Waals surface area contributed by atoms with E-state index in [2.05, 4.69) is 16.0 Å². The van der Waals surface area contributed by atoms with Crippen molar-refractivity contribution in [1.82, 2.24) is 20.9 Å². The van der Waals surface area contributed by atoms with Gasteiger partial charge in [0.15, 0.2) is 11.7 Å². The summed E-state index contributed by atoms with van der Waals surface area (Å²) in [6.45, 7) is 7.46. The van der Waals surface area contributed by atoms with E-state index in [4.69, 9.17) is 16.3 Å². The fourth-order valence-electron chi connectivity index (χ4n) is 7.35. The van der Waals surface area contributed by atoms with E-state index in [-0.39, 0.29) is 37.4 Å². The minimum atomic E-state index is -1.48. The maximum Gasteiger partial charge on any atom is 0.415 e. The number of aliphatic hydroxyl groups is 1. The summed E-state index contributed by atoms with van der Waals surface area (Å²) in [5.41, 5.74) is -1.42. The van der Waals surface area contributed by atoms with Crippen molar-refractivity contribution in [1.29, 1.82) is 0 Å². The summed E-state index contributed by atoms with van der Waals surface area (Å²) in [6, 6.07) is 3.87. The van der Waals surface area contributed by atoms with Gasteiger partial charge in [0.2, 0.25) is 17.7 Å². The predicted molar refractivity (Wildman–Crippen MR) is 185 cm³/mol. The molecule has 12 nitrogen and oxygen atoms in total. The van der Waals surface area contributed by atoms with Crippen LogP contribution in [0.25, 0.3) is 0 Å². The molecule has 2 saturated heterocycles. The lowest BCUT2D eigenvalue weighted by atomic mass is 9.84. The molecule has 1 spiro atoms. The first-order chi connectivity index (χ1) is 23.2. The van der Waals surface area contributed by atoms with Crippen molar-refractivity contribution in [2.75, 3.05) is 18.0 Å². The van der Waals surface area contributed by atoms with Gasteiger partial charge in [0.05, 0.1) is 19.1 Å². The number of aliphatic hydroxyl groups excluding tert-OH is 1. The van der Waals surface area contributed by atoms with Gasteiger partial charge < -0.3 is 30.7 Å². The summed E-state index contributed by atoms with van der Waals surface area (Å²) < 4.78 is 5.98.